The summed E-state index contributed by atoms with van der Waals surface area (Å²) in [5, 5.41) is 6.92. The molecule has 3 rings (SSSR count). The van der Waals surface area contributed by atoms with Crippen molar-refractivity contribution in [1.82, 2.24) is 10.6 Å². The van der Waals surface area contributed by atoms with Crippen molar-refractivity contribution < 1.29 is 14.2 Å². The van der Waals surface area contributed by atoms with Gasteiger partial charge in [-0.3, -0.25) is 0 Å². The third kappa shape index (κ3) is 5.09. The van der Waals surface area contributed by atoms with Crippen LogP contribution in [0.3, 0.4) is 0 Å². The average Bonchev–Trinajstić information content (AvgIpc) is 3.25. The van der Waals surface area contributed by atoms with Crippen molar-refractivity contribution in [3.05, 3.63) is 48.0 Å². The van der Waals surface area contributed by atoms with E-state index in [4.69, 9.17) is 19.2 Å². The van der Waals surface area contributed by atoms with Gasteiger partial charge in [-0.1, -0.05) is 24.3 Å². The number of rotatable bonds is 8. The monoisotopic (exact) mass is 412 g/mol. The summed E-state index contributed by atoms with van der Waals surface area (Å²) in [5.41, 5.74) is 2.11. The molecule has 1 atom stereocenters. The maximum atomic E-state index is 5.52. The Morgan fingerprint density at radius 2 is 1.80 bits per heavy atom. The lowest BCUT2D eigenvalue weighted by atomic mass is 10.2. The number of guanidine groups is 1. The number of benzene rings is 2. The van der Waals surface area contributed by atoms with Crippen molar-refractivity contribution in [2.45, 2.75) is 25.9 Å². The van der Waals surface area contributed by atoms with Crippen LogP contribution in [0.15, 0.2) is 47.5 Å². The van der Waals surface area contributed by atoms with Gasteiger partial charge in [0.2, 0.25) is 0 Å². The minimum absolute atomic E-state index is 0.305. The molecule has 7 heteroatoms. The Morgan fingerprint density at radius 1 is 1.03 bits per heavy atom. The Labute approximate surface area is 179 Å². The van der Waals surface area contributed by atoms with Gasteiger partial charge >= 0.3 is 0 Å². The highest BCUT2D eigenvalue weighted by Crippen LogP contribution is 2.31. The average molecular weight is 413 g/mol. The second kappa shape index (κ2) is 10.6. The van der Waals surface area contributed by atoms with Gasteiger partial charge in [0, 0.05) is 31.2 Å². The van der Waals surface area contributed by atoms with Crippen molar-refractivity contribution in [3.8, 4) is 17.2 Å². The van der Waals surface area contributed by atoms with Crippen LogP contribution in [-0.4, -0.2) is 53.0 Å². The minimum atomic E-state index is 0.305. The van der Waals surface area contributed by atoms with E-state index in [9.17, 15) is 0 Å². The SMILES string of the molecule is CCNC(=NCc1cccc(OC)c1OC)NC1CCN(c2ccccc2OC)C1. The molecule has 0 spiro atoms. The molecule has 2 aromatic rings. The molecular formula is C23H32N4O3. The highest BCUT2D eigenvalue weighted by Gasteiger charge is 2.25. The number of para-hydroxylation sites is 3. The second-order valence-electron chi connectivity index (χ2n) is 7.10. The normalized spacial score (nSPS) is 16.3. The topological polar surface area (TPSA) is 67.4 Å². The zero-order chi connectivity index (χ0) is 21.3. The molecule has 0 saturated carbocycles. The van der Waals surface area contributed by atoms with Crippen molar-refractivity contribution in [2.24, 2.45) is 4.99 Å². The summed E-state index contributed by atoms with van der Waals surface area (Å²) in [5.74, 6) is 3.15. The Kier molecular flexibility index (Phi) is 7.65. The first kappa shape index (κ1) is 21.6. The number of anilines is 1. The first-order valence-corrected chi connectivity index (χ1v) is 10.3. The van der Waals surface area contributed by atoms with Gasteiger partial charge in [-0.15, -0.1) is 0 Å². The standard InChI is InChI=1S/C23H32N4O3/c1-5-24-23(25-15-17-9-8-12-21(29-3)22(17)30-4)26-18-13-14-27(16-18)19-10-6-7-11-20(19)28-2/h6-12,18H,5,13-16H2,1-4H3,(H2,24,25,26). The van der Waals surface area contributed by atoms with Crippen molar-refractivity contribution in [3.63, 3.8) is 0 Å². The number of hydrogen-bond donors (Lipinski definition) is 2. The fraction of sp³-hybridized carbons (Fsp3) is 0.435. The van der Waals surface area contributed by atoms with Gasteiger partial charge in [-0.05, 0) is 31.5 Å². The van der Waals surface area contributed by atoms with E-state index in [-0.39, 0.29) is 0 Å². The Bertz CT molecular complexity index is 856. The molecular weight excluding hydrogens is 380 g/mol. The third-order valence-electron chi connectivity index (χ3n) is 5.19. The van der Waals surface area contributed by atoms with Crippen LogP contribution in [0.4, 0.5) is 5.69 Å². The van der Waals surface area contributed by atoms with Gasteiger partial charge in [0.05, 0.1) is 33.6 Å². The van der Waals surface area contributed by atoms with E-state index in [0.717, 1.165) is 54.8 Å². The Morgan fingerprint density at radius 3 is 2.53 bits per heavy atom. The Balaban J connectivity index is 1.68. The van der Waals surface area contributed by atoms with Crippen LogP contribution in [0, 0.1) is 0 Å². The molecule has 0 bridgehead atoms. The first-order chi connectivity index (χ1) is 14.7. The van der Waals surface area contributed by atoms with Crippen LogP contribution < -0.4 is 29.7 Å². The molecule has 0 amide bonds. The van der Waals surface area contributed by atoms with E-state index in [1.807, 2.05) is 36.4 Å². The summed E-state index contributed by atoms with van der Waals surface area (Å²) in [6.45, 7) is 5.23. The van der Waals surface area contributed by atoms with Crippen molar-refractivity contribution in [2.75, 3.05) is 45.9 Å². The number of methoxy groups -OCH3 is 3. The van der Waals surface area contributed by atoms with Gasteiger partial charge in [-0.2, -0.15) is 0 Å². The first-order valence-electron chi connectivity index (χ1n) is 10.3. The largest absolute Gasteiger partial charge is 0.495 e. The summed E-state index contributed by atoms with van der Waals surface area (Å²) in [6.07, 6.45) is 1.03. The minimum Gasteiger partial charge on any atom is -0.495 e. The lowest BCUT2D eigenvalue weighted by Crippen LogP contribution is -2.44. The number of nitrogens with one attached hydrogen (secondary N) is 2. The summed E-state index contributed by atoms with van der Waals surface area (Å²) < 4.78 is 16.4. The summed E-state index contributed by atoms with van der Waals surface area (Å²) in [7, 11) is 5.01. The second-order valence-corrected chi connectivity index (χ2v) is 7.10. The van der Waals surface area contributed by atoms with E-state index in [0.29, 0.717) is 18.3 Å². The van der Waals surface area contributed by atoms with E-state index in [1.54, 1.807) is 21.3 Å². The molecule has 1 unspecified atom stereocenters. The molecule has 1 aliphatic rings. The fourth-order valence-corrected chi connectivity index (χ4v) is 3.74. The lowest BCUT2D eigenvalue weighted by molar-refractivity contribution is 0.352. The van der Waals surface area contributed by atoms with E-state index >= 15 is 0 Å². The van der Waals surface area contributed by atoms with Crippen LogP contribution >= 0.6 is 0 Å². The van der Waals surface area contributed by atoms with Crippen molar-refractivity contribution in [1.29, 1.82) is 0 Å². The van der Waals surface area contributed by atoms with E-state index in [2.05, 4.69) is 28.5 Å². The van der Waals surface area contributed by atoms with Crippen LogP contribution in [0.2, 0.25) is 0 Å². The molecule has 2 aromatic carbocycles. The van der Waals surface area contributed by atoms with Gasteiger partial charge in [0.1, 0.15) is 5.75 Å². The molecule has 0 radical (unpaired) electrons. The molecule has 162 valence electrons. The molecule has 1 fully saturated rings. The Hall–Kier alpha value is -3.09. The maximum absolute atomic E-state index is 5.52. The smallest absolute Gasteiger partial charge is 0.191 e. The van der Waals surface area contributed by atoms with Gasteiger partial charge in [0.25, 0.3) is 0 Å². The zero-order valence-electron chi connectivity index (χ0n) is 18.3. The molecule has 30 heavy (non-hydrogen) atoms. The van der Waals surface area contributed by atoms with Crippen molar-refractivity contribution >= 4 is 11.6 Å². The van der Waals surface area contributed by atoms with Gasteiger partial charge in [-0.25, -0.2) is 4.99 Å². The summed E-state index contributed by atoms with van der Waals surface area (Å²) >= 11 is 0. The molecule has 1 heterocycles. The fourth-order valence-electron chi connectivity index (χ4n) is 3.74. The highest BCUT2D eigenvalue weighted by molar-refractivity contribution is 5.80. The maximum Gasteiger partial charge on any atom is 0.191 e. The highest BCUT2D eigenvalue weighted by atomic mass is 16.5. The summed E-state index contributed by atoms with van der Waals surface area (Å²) in [6, 6.07) is 14.3. The molecule has 0 aliphatic carbocycles. The number of ether oxygens (including phenoxy) is 3. The quantitative estimate of drug-likeness (QED) is 0.513. The molecule has 1 aliphatic heterocycles. The number of aliphatic imine (C=N–C) groups is 1. The lowest BCUT2D eigenvalue weighted by Gasteiger charge is -2.22. The molecule has 1 saturated heterocycles. The summed E-state index contributed by atoms with van der Waals surface area (Å²) in [4.78, 5) is 7.13. The van der Waals surface area contributed by atoms with E-state index < -0.39 is 0 Å². The molecule has 7 nitrogen and oxygen atoms in total. The van der Waals surface area contributed by atoms with E-state index in [1.165, 1.54) is 0 Å². The third-order valence-corrected chi connectivity index (χ3v) is 5.19. The van der Waals surface area contributed by atoms with Gasteiger partial charge in [0.15, 0.2) is 17.5 Å². The van der Waals surface area contributed by atoms with Crippen LogP contribution in [-0.2, 0) is 6.54 Å². The zero-order valence-corrected chi connectivity index (χ0v) is 18.3. The van der Waals surface area contributed by atoms with Gasteiger partial charge < -0.3 is 29.7 Å². The number of nitrogens with zero attached hydrogens (tertiary/aromatic N) is 2. The van der Waals surface area contributed by atoms with Crippen LogP contribution in [0.25, 0.3) is 0 Å². The molecule has 2 N–H and O–H groups in total. The predicted octanol–water partition coefficient (Wildman–Crippen LogP) is 3.05. The predicted molar refractivity (Wildman–Crippen MR) is 121 cm³/mol. The molecule has 0 aromatic heterocycles. The van der Waals surface area contributed by atoms with Crippen LogP contribution in [0.1, 0.15) is 18.9 Å². The number of hydrogen-bond acceptors (Lipinski definition) is 5. The van der Waals surface area contributed by atoms with Crippen LogP contribution in [0.5, 0.6) is 17.2 Å².